The fourth-order valence-electron chi connectivity index (χ4n) is 7.50. The molecule has 0 saturated carbocycles. The Hall–Kier alpha value is -6.13. The van der Waals surface area contributed by atoms with Gasteiger partial charge in [0.05, 0.1) is 18.4 Å². The molecule has 0 aliphatic carbocycles. The van der Waals surface area contributed by atoms with Crippen molar-refractivity contribution in [2.24, 2.45) is 11.8 Å². The summed E-state index contributed by atoms with van der Waals surface area (Å²) in [5, 5.41) is 11.7. The van der Waals surface area contributed by atoms with Crippen molar-refractivity contribution in [3.63, 3.8) is 0 Å². The molecule has 5 rings (SSSR count). The zero-order valence-corrected chi connectivity index (χ0v) is 37.3. The van der Waals surface area contributed by atoms with E-state index in [0.717, 1.165) is 11.3 Å². The summed E-state index contributed by atoms with van der Waals surface area (Å²) in [6, 6.07) is 5.84. The van der Waals surface area contributed by atoms with E-state index in [9.17, 15) is 28.8 Å². The zero-order valence-electron chi connectivity index (χ0n) is 37.3. The first-order valence-corrected chi connectivity index (χ1v) is 20.8. The molecule has 2 unspecified atom stereocenters. The lowest BCUT2D eigenvalue weighted by atomic mass is 9.98. The molecule has 4 heterocycles. The summed E-state index contributed by atoms with van der Waals surface area (Å²) in [5.74, 6) is -1.27. The quantitative estimate of drug-likeness (QED) is 0.169. The second-order valence-electron chi connectivity index (χ2n) is 17.6. The molecule has 4 N–H and O–H groups in total. The summed E-state index contributed by atoms with van der Waals surface area (Å²) < 4.78 is 0. The average Bonchev–Trinajstić information content (AvgIpc) is 3.69. The van der Waals surface area contributed by atoms with E-state index in [1.165, 1.54) is 14.7 Å². The number of nitrogens with zero attached hydrogens (tertiary/aromatic N) is 7. The minimum absolute atomic E-state index is 0.0112. The number of carbonyl (C=O) groups excluding carboxylic acids is 6. The molecular formula is C44H61N11O6. The topological polar surface area (TPSA) is 202 Å². The number of aryl methyl sites for hydroxylation is 2. The van der Waals surface area contributed by atoms with Gasteiger partial charge in [0, 0.05) is 56.4 Å². The minimum atomic E-state index is -1.40. The van der Waals surface area contributed by atoms with Crippen LogP contribution in [0.15, 0.2) is 42.7 Å². The van der Waals surface area contributed by atoms with E-state index in [4.69, 9.17) is 0 Å². The Morgan fingerprint density at radius 1 is 0.918 bits per heavy atom. The Kier molecular flexibility index (Phi) is 14.4. The highest BCUT2D eigenvalue weighted by atomic mass is 16.2. The molecule has 1 fully saturated rings. The maximum atomic E-state index is 14.3. The highest BCUT2D eigenvalue weighted by molar-refractivity contribution is 6.07. The predicted molar refractivity (Wildman–Crippen MR) is 233 cm³/mol. The van der Waals surface area contributed by atoms with Gasteiger partial charge in [-0.25, -0.2) is 9.78 Å². The summed E-state index contributed by atoms with van der Waals surface area (Å²) in [7, 11) is 4.88. The SMILES string of the molecule is Cc1ccc(Nc2ncc3c(n2)N(C)C(=O)N(c2cc(C(=O)NC(CC(C)C)C(=O)N4CCC[C@H]4C(=O)NC(C)(C)C(=O)NC(CC(C)C)C(=O)N(C)C)ccc2C)C3)cn1. The van der Waals surface area contributed by atoms with Crippen LogP contribution < -0.4 is 31.1 Å². The van der Waals surface area contributed by atoms with Crippen LogP contribution in [0.1, 0.15) is 94.4 Å². The Morgan fingerprint density at radius 3 is 2.25 bits per heavy atom. The van der Waals surface area contributed by atoms with E-state index in [0.29, 0.717) is 60.9 Å². The molecule has 0 radical (unpaired) electrons. The van der Waals surface area contributed by atoms with Crippen molar-refractivity contribution < 1.29 is 28.8 Å². The van der Waals surface area contributed by atoms with Gasteiger partial charge in [0.15, 0.2) is 0 Å². The lowest BCUT2D eigenvalue weighted by Crippen LogP contribution is -2.62. The van der Waals surface area contributed by atoms with Crippen LogP contribution in [-0.2, 0) is 25.7 Å². The van der Waals surface area contributed by atoms with Crippen molar-refractivity contribution in [1.82, 2.24) is 40.7 Å². The van der Waals surface area contributed by atoms with E-state index in [1.807, 2.05) is 53.7 Å². The molecule has 1 aromatic carbocycles. The molecular weight excluding hydrogens is 779 g/mol. The normalized spacial score (nSPS) is 16.2. The number of aromatic nitrogens is 3. The van der Waals surface area contributed by atoms with Gasteiger partial charge in [0.2, 0.25) is 29.6 Å². The van der Waals surface area contributed by atoms with Crippen molar-refractivity contribution in [2.75, 3.05) is 42.8 Å². The number of urea groups is 1. The summed E-state index contributed by atoms with van der Waals surface area (Å²) >= 11 is 0. The van der Waals surface area contributed by atoms with Crippen LogP contribution in [0, 0.1) is 25.7 Å². The molecule has 2 aromatic heterocycles. The fourth-order valence-corrected chi connectivity index (χ4v) is 7.50. The third kappa shape index (κ3) is 11.0. The van der Waals surface area contributed by atoms with Crippen LogP contribution in [0.2, 0.25) is 0 Å². The molecule has 0 bridgehead atoms. The number of pyridine rings is 1. The standard InChI is InChI=1S/C44H61N11O6/c1-25(2)19-32(39(58)52(9)10)49-41(60)44(7,8)51-38(57)34-13-12-18-54(34)40(59)33(20-26(3)4)48-37(56)29-16-14-27(5)35(21-29)55-24-30-22-46-42(50-36(30)53(11)43(55)61)47-31-17-15-28(6)45-23-31/h14-17,21-23,25-26,32-34H,12-13,18-20,24H2,1-11H3,(H,48,56)(H,49,60)(H,51,57)(H,46,47,50)/t32?,33?,34-/m0/s1. The Labute approximate surface area is 358 Å². The number of anilines is 4. The summed E-state index contributed by atoms with van der Waals surface area (Å²) in [5.41, 5.74) is 2.40. The molecule has 61 heavy (non-hydrogen) atoms. The molecule has 328 valence electrons. The number of nitrogens with one attached hydrogen (secondary N) is 4. The second kappa shape index (κ2) is 19.1. The van der Waals surface area contributed by atoms with Crippen molar-refractivity contribution in [1.29, 1.82) is 0 Å². The third-order valence-corrected chi connectivity index (χ3v) is 10.8. The van der Waals surface area contributed by atoms with Crippen LogP contribution in [-0.4, -0.2) is 112 Å². The number of fused-ring (bicyclic) bond motifs is 1. The number of hydrogen-bond donors (Lipinski definition) is 4. The first-order chi connectivity index (χ1) is 28.7. The van der Waals surface area contributed by atoms with Crippen LogP contribution in [0.3, 0.4) is 0 Å². The van der Waals surface area contributed by atoms with Crippen LogP contribution >= 0.6 is 0 Å². The third-order valence-electron chi connectivity index (χ3n) is 10.8. The smallest absolute Gasteiger partial charge is 0.330 e. The maximum Gasteiger partial charge on any atom is 0.330 e. The molecule has 1 saturated heterocycles. The van der Waals surface area contributed by atoms with E-state index in [1.54, 1.807) is 70.5 Å². The average molecular weight is 840 g/mol. The van der Waals surface area contributed by atoms with Gasteiger partial charge in [-0.3, -0.25) is 38.8 Å². The summed E-state index contributed by atoms with van der Waals surface area (Å²) in [6.45, 7) is 15.1. The number of rotatable bonds is 15. The van der Waals surface area contributed by atoms with Crippen LogP contribution in [0.5, 0.6) is 0 Å². The molecule has 2 aliphatic heterocycles. The predicted octanol–water partition coefficient (Wildman–Crippen LogP) is 4.46. The lowest BCUT2D eigenvalue weighted by molar-refractivity contribution is -0.142. The van der Waals surface area contributed by atoms with E-state index in [-0.39, 0.29) is 35.9 Å². The van der Waals surface area contributed by atoms with E-state index in [2.05, 4.69) is 36.2 Å². The Morgan fingerprint density at radius 2 is 1.61 bits per heavy atom. The van der Waals surface area contributed by atoms with Crippen molar-refractivity contribution in [2.45, 2.75) is 111 Å². The lowest BCUT2D eigenvalue weighted by Gasteiger charge is -2.35. The molecule has 17 heteroatoms. The highest BCUT2D eigenvalue weighted by Gasteiger charge is 2.42. The van der Waals surface area contributed by atoms with E-state index < -0.39 is 47.3 Å². The van der Waals surface area contributed by atoms with Crippen LogP contribution in [0.25, 0.3) is 0 Å². The summed E-state index contributed by atoms with van der Waals surface area (Å²) in [4.78, 5) is 102. The van der Waals surface area contributed by atoms with Crippen molar-refractivity contribution in [3.05, 3.63) is 65.1 Å². The van der Waals surface area contributed by atoms with E-state index >= 15 is 0 Å². The van der Waals surface area contributed by atoms with Gasteiger partial charge in [-0.2, -0.15) is 4.98 Å². The largest absolute Gasteiger partial charge is 0.347 e. The number of amides is 7. The number of likely N-dealkylation sites (tertiary alicyclic amines) is 1. The minimum Gasteiger partial charge on any atom is -0.347 e. The zero-order chi connectivity index (χ0) is 44.9. The first-order valence-electron chi connectivity index (χ1n) is 20.8. The number of carbonyl (C=O) groups is 6. The molecule has 2 aliphatic rings. The molecule has 0 spiro atoms. The Bertz CT molecular complexity index is 2140. The van der Waals surface area contributed by atoms with Crippen molar-refractivity contribution in [3.8, 4) is 0 Å². The van der Waals surface area contributed by atoms with Gasteiger partial charge >= 0.3 is 6.03 Å². The van der Waals surface area contributed by atoms with Crippen molar-refractivity contribution >= 4 is 58.7 Å². The van der Waals surface area contributed by atoms with Crippen LogP contribution in [0.4, 0.5) is 27.9 Å². The monoisotopic (exact) mass is 839 g/mol. The Balaban J connectivity index is 1.29. The fraction of sp³-hybridized carbons (Fsp3) is 0.523. The summed E-state index contributed by atoms with van der Waals surface area (Å²) in [6.07, 6.45) is 5.01. The molecule has 3 atom stereocenters. The van der Waals surface area contributed by atoms with Gasteiger partial charge in [-0.15, -0.1) is 0 Å². The number of benzene rings is 1. The number of likely N-dealkylation sites (N-methyl/N-ethyl adjacent to an activating group) is 1. The maximum absolute atomic E-state index is 14.3. The van der Waals surface area contributed by atoms with Gasteiger partial charge in [0.25, 0.3) is 5.91 Å². The highest BCUT2D eigenvalue weighted by Crippen LogP contribution is 2.33. The van der Waals surface area contributed by atoms with Gasteiger partial charge < -0.3 is 31.1 Å². The number of hydrogen-bond acceptors (Lipinski definition) is 10. The first kappa shape index (κ1) is 45.9. The van der Waals surface area contributed by atoms with Gasteiger partial charge in [-0.1, -0.05) is 33.8 Å². The van der Waals surface area contributed by atoms with Gasteiger partial charge in [-0.05, 0) is 95.0 Å². The second-order valence-corrected chi connectivity index (χ2v) is 17.6. The molecule has 3 aromatic rings. The molecule has 17 nitrogen and oxygen atoms in total. The van der Waals surface area contributed by atoms with Gasteiger partial charge in [0.1, 0.15) is 29.5 Å². The molecule has 7 amide bonds.